The van der Waals surface area contributed by atoms with E-state index in [1.807, 2.05) is 42.6 Å². The molecule has 3 heterocycles. The van der Waals surface area contributed by atoms with E-state index in [0.717, 1.165) is 27.6 Å². The Morgan fingerprint density at radius 2 is 2.04 bits per heavy atom. The van der Waals surface area contributed by atoms with Crippen molar-refractivity contribution in [1.82, 2.24) is 20.1 Å². The highest BCUT2D eigenvalue weighted by molar-refractivity contribution is 7.13. The van der Waals surface area contributed by atoms with Crippen molar-refractivity contribution in [3.63, 3.8) is 0 Å². The Balaban J connectivity index is 1.36. The molecule has 28 heavy (non-hydrogen) atoms. The summed E-state index contributed by atoms with van der Waals surface area (Å²) < 4.78 is 0. The van der Waals surface area contributed by atoms with E-state index in [1.165, 1.54) is 11.3 Å². The van der Waals surface area contributed by atoms with Gasteiger partial charge in [0, 0.05) is 23.8 Å². The number of carbonyl (C=O) groups is 2. The molecule has 0 bridgehead atoms. The second-order valence-corrected chi connectivity index (χ2v) is 7.44. The topological polar surface area (TPSA) is 91.0 Å². The van der Waals surface area contributed by atoms with E-state index in [0.29, 0.717) is 17.2 Å². The first-order valence-electron chi connectivity index (χ1n) is 8.73. The highest BCUT2D eigenvalue weighted by Gasteiger charge is 2.29. The fourth-order valence-electron chi connectivity index (χ4n) is 3.46. The van der Waals surface area contributed by atoms with Gasteiger partial charge in [0.05, 0.1) is 0 Å². The number of amides is 2. The Kier molecular flexibility index (Phi) is 3.91. The summed E-state index contributed by atoms with van der Waals surface area (Å²) in [4.78, 5) is 29.7. The number of benzene rings is 2. The van der Waals surface area contributed by atoms with Gasteiger partial charge < -0.3 is 9.88 Å². The molecule has 7 nitrogen and oxygen atoms in total. The monoisotopic (exact) mass is 389 g/mol. The van der Waals surface area contributed by atoms with Crippen molar-refractivity contribution in [3.05, 3.63) is 65.3 Å². The largest absolute Gasteiger partial charge is 0.361 e. The minimum atomic E-state index is -0.281. The molecule has 0 radical (unpaired) electrons. The van der Waals surface area contributed by atoms with Crippen LogP contribution in [0.1, 0.15) is 15.9 Å². The second kappa shape index (κ2) is 6.58. The molecule has 2 N–H and O–H groups in total. The lowest BCUT2D eigenvalue weighted by Gasteiger charge is -2.14. The summed E-state index contributed by atoms with van der Waals surface area (Å²) >= 11 is 1.24. The van der Waals surface area contributed by atoms with Gasteiger partial charge in [0.25, 0.3) is 5.91 Å². The standard InChI is InChI=1S/C20H15N5O2S/c26-18(23-20-24-22-11-28-20)10-25-9-15-2-1-13(8-16(15)19(25)27)12-3-4-17-14(7-12)5-6-21-17/h1-8,11,21H,9-10H2,(H,23,24,26). The molecular formula is C20H15N5O2S. The lowest BCUT2D eigenvalue weighted by molar-refractivity contribution is -0.116. The predicted octanol–water partition coefficient (Wildman–Crippen LogP) is 3.28. The van der Waals surface area contributed by atoms with E-state index in [9.17, 15) is 9.59 Å². The lowest BCUT2D eigenvalue weighted by Crippen LogP contribution is -2.33. The van der Waals surface area contributed by atoms with Crippen molar-refractivity contribution in [2.75, 3.05) is 11.9 Å². The van der Waals surface area contributed by atoms with Crippen molar-refractivity contribution < 1.29 is 9.59 Å². The maximum Gasteiger partial charge on any atom is 0.254 e. The Labute approximate surface area is 164 Å². The predicted molar refractivity (Wildman–Crippen MR) is 107 cm³/mol. The van der Waals surface area contributed by atoms with Gasteiger partial charge >= 0.3 is 0 Å². The SMILES string of the molecule is O=C(CN1Cc2ccc(-c3ccc4[nH]ccc4c3)cc2C1=O)Nc1nncs1. The zero-order valence-electron chi connectivity index (χ0n) is 14.7. The maximum absolute atomic E-state index is 12.8. The molecule has 5 rings (SSSR count). The Morgan fingerprint density at radius 1 is 1.18 bits per heavy atom. The Bertz CT molecular complexity index is 1200. The van der Waals surface area contributed by atoms with Crippen LogP contribution in [0.2, 0.25) is 0 Å². The van der Waals surface area contributed by atoms with Crippen molar-refractivity contribution >= 4 is 39.2 Å². The number of nitrogens with zero attached hydrogens (tertiary/aromatic N) is 3. The number of fused-ring (bicyclic) bond motifs is 2. The van der Waals surface area contributed by atoms with Crippen molar-refractivity contribution in [1.29, 1.82) is 0 Å². The summed E-state index contributed by atoms with van der Waals surface area (Å²) in [6.07, 6.45) is 1.91. The van der Waals surface area contributed by atoms with E-state index in [1.54, 1.807) is 10.4 Å². The number of aromatic amines is 1. The summed E-state index contributed by atoms with van der Waals surface area (Å²) in [5.41, 5.74) is 6.23. The number of H-pyrrole nitrogens is 1. The van der Waals surface area contributed by atoms with Gasteiger partial charge in [-0.05, 0) is 46.3 Å². The molecule has 0 spiro atoms. The second-order valence-electron chi connectivity index (χ2n) is 6.60. The highest BCUT2D eigenvalue weighted by atomic mass is 32.1. The molecular weight excluding hydrogens is 374 g/mol. The molecule has 138 valence electrons. The van der Waals surface area contributed by atoms with Crippen LogP contribution in [-0.2, 0) is 11.3 Å². The molecule has 2 aromatic heterocycles. The Hall–Kier alpha value is -3.52. The fraction of sp³-hybridized carbons (Fsp3) is 0.100. The van der Waals surface area contributed by atoms with Crippen LogP contribution in [0.5, 0.6) is 0 Å². The normalized spacial score (nSPS) is 13.1. The van der Waals surface area contributed by atoms with Gasteiger partial charge in [-0.25, -0.2) is 0 Å². The van der Waals surface area contributed by atoms with Crippen LogP contribution in [0.15, 0.2) is 54.2 Å². The number of carbonyl (C=O) groups excluding carboxylic acids is 2. The number of aromatic nitrogens is 3. The molecule has 0 fully saturated rings. The van der Waals surface area contributed by atoms with Crippen LogP contribution in [0.3, 0.4) is 0 Å². The van der Waals surface area contributed by atoms with Gasteiger partial charge in [-0.1, -0.05) is 29.5 Å². The number of hydrogen-bond donors (Lipinski definition) is 2. The summed E-state index contributed by atoms with van der Waals surface area (Å²) in [6, 6.07) is 14.1. The third kappa shape index (κ3) is 2.93. The first-order chi connectivity index (χ1) is 13.7. The quantitative estimate of drug-likeness (QED) is 0.560. The number of nitrogens with one attached hydrogen (secondary N) is 2. The van der Waals surface area contributed by atoms with Gasteiger partial charge in [0.1, 0.15) is 12.1 Å². The molecule has 8 heteroatoms. The van der Waals surface area contributed by atoms with Gasteiger partial charge in [0.2, 0.25) is 11.0 Å². The van der Waals surface area contributed by atoms with Crippen molar-refractivity contribution in [2.45, 2.75) is 6.54 Å². The van der Waals surface area contributed by atoms with Gasteiger partial charge in [0.15, 0.2) is 0 Å². The third-order valence-electron chi connectivity index (χ3n) is 4.82. The zero-order valence-corrected chi connectivity index (χ0v) is 15.5. The third-order valence-corrected chi connectivity index (χ3v) is 5.42. The minimum Gasteiger partial charge on any atom is -0.361 e. The van der Waals surface area contributed by atoms with Crippen molar-refractivity contribution in [3.8, 4) is 11.1 Å². The first kappa shape index (κ1) is 16.6. The zero-order chi connectivity index (χ0) is 19.1. The number of hydrogen-bond acceptors (Lipinski definition) is 5. The van der Waals surface area contributed by atoms with E-state index < -0.39 is 0 Å². The van der Waals surface area contributed by atoms with E-state index >= 15 is 0 Å². The molecule has 4 aromatic rings. The van der Waals surface area contributed by atoms with Crippen LogP contribution in [0.4, 0.5) is 5.13 Å². The lowest BCUT2D eigenvalue weighted by atomic mass is 9.99. The molecule has 1 aliphatic heterocycles. The van der Waals surface area contributed by atoms with Crippen LogP contribution in [0.25, 0.3) is 22.0 Å². The highest BCUT2D eigenvalue weighted by Crippen LogP contribution is 2.30. The summed E-state index contributed by atoms with van der Waals surface area (Å²) in [5.74, 6) is -0.414. The molecule has 0 atom stereocenters. The van der Waals surface area contributed by atoms with Crippen LogP contribution in [-0.4, -0.2) is 38.4 Å². The van der Waals surface area contributed by atoms with Crippen LogP contribution >= 0.6 is 11.3 Å². The number of anilines is 1. The molecule has 1 aliphatic rings. The van der Waals surface area contributed by atoms with E-state index in [4.69, 9.17) is 0 Å². The van der Waals surface area contributed by atoms with E-state index in [2.05, 4.69) is 26.6 Å². The fourth-order valence-corrected chi connectivity index (χ4v) is 3.92. The molecule has 0 unspecified atom stereocenters. The van der Waals surface area contributed by atoms with E-state index in [-0.39, 0.29) is 18.4 Å². The smallest absolute Gasteiger partial charge is 0.254 e. The molecule has 0 saturated heterocycles. The minimum absolute atomic E-state index is 0.0161. The summed E-state index contributed by atoms with van der Waals surface area (Å²) in [5, 5.41) is 11.7. The average Bonchev–Trinajstić information content (AvgIpc) is 3.43. The van der Waals surface area contributed by atoms with Gasteiger partial charge in [-0.2, -0.15) is 0 Å². The number of rotatable bonds is 4. The Morgan fingerprint density at radius 3 is 2.89 bits per heavy atom. The first-order valence-corrected chi connectivity index (χ1v) is 9.61. The van der Waals surface area contributed by atoms with Gasteiger partial charge in [-0.3, -0.25) is 14.9 Å². The van der Waals surface area contributed by atoms with Crippen LogP contribution < -0.4 is 5.32 Å². The summed E-state index contributed by atoms with van der Waals surface area (Å²) in [6.45, 7) is 0.409. The molecule has 2 aromatic carbocycles. The van der Waals surface area contributed by atoms with Gasteiger partial charge in [-0.15, -0.1) is 10.2 Å². The average molecular weight is 389 g/mol. The molecule has 0 saturated carbocycles. The molecule has 0 aliphatic carbocycles. The van der Waals surface area contributed by atoms with Crippen LogP contribution in [0, 0.1) is 0 Å². The molecule has 2 amide bonds. The summed E-state index contributed by atoms with van der Waals surface area (Å²) in [7, 11) is 0. The van der Waals surface area contributed by atoms with Crippen molar-refractivity contribution in [2.24, 2.45) is 0 Å². The maximum atomic E-state index is 12.8.